The minimum absolute atomic E-state index is 0.00822. The lowest BCUT2D eigenvalue weighted by atomic mass is 9.70. The van der Waals surface area contributed by atoms with Crippen LogP contribution in [0.4, 0.5) is 0 Å². The van der Waals surface area contributed by atoms with Gasteiger partial charge in [-0.05, 0) is 25.7 Å². The van der Waals surface area contributed by atoms with Gasteiger partial charge in [-0.15, -0.1) is 0 Å². The van der Waals surface area contributed by atoms with E-state index in [2.05, 4.69) is 11.8 Å². The molecule has 19 heavy (non-hydrogen) atoms. The monoisotopic (exact) mass is 269 g/mol. The highest BCUT2D eigenvalue weighted by Gasteiger charge is 2.45. The lowest BCUT2D eigenvalue weighted by Gasteiger charge is -2.51. The number of carbonyl (C=O) groups is 1. The molecule has 4 nitrogen and oxygen atoms in total. The zero-order chi connectivity index (χ0) is 13.7. The Kier molecular flexibility index (Phi) is 5.22. The van der Waals surface area contributed by atoms with Crippen LogP contribution in [0.3, 0.4) is 0 Å². The zero-order valence-electron chi connectivity index (χ0n) is 12.3. The molecule has 2 unspecified atom stereocenters. The van der Waals surface area contributed by atoms with E-state index in [4.69, 9.17) is 9.47 Å². The van der Waals surface area contributed by atoms with Crippen molar-refractivity contribution in [3.63, 3.8) is 0 Å². The normalized spacial score (nSPS) is 33.1. The van der Waals surface area contributed by atoms with Crippen LogP contribution >= 0.6 is 0 Å². The number of rotatable bonds is 4. The summed E-state index contributed by atoms with van der Waals surface area (Å²) in [7, 11) is 0. The summed E-state index contributed by atoms with van der Waals surface area (Å²) in [6.07, 6.45) is 5.39. The summed E-state index contributed by atoms with van der Waals surface area (Å²) in [5.74, 6) is 0.520. The Morgan fingerprint density at radius 2 is 2.11 bits per heavy atom. The highest BCUT2D eigenvalue weighted by atomic mass is 16.5. The average molecular weight is 269 g/mol. The van der Waals surface area contributed by atoms with Crippen LogP contribution in [0, 0.1) is 5.92 Å². The fourth-order valence-electron chi connectivity index (χ4n) is 3.71. The molecule has 4 heteroatoms. The third kappa shape index (κ3) is 3.29. The maximum Gasteiger partial charge on any atom is 0.307 e. The standard InChI is InChI=1S/C15H27NO3/c1-3-19-14(17)12-15(7-5-4-6-13(15)2)16-8-10-18-11-9-16/h13H,3-12H2,1-2H3. The molecule has 1 saturated carbocycles. The molecule has 1 heterocycles. The van der Waals surface area contributed by atoms with Crippen molar-refractivity contribution in [2.24, 2.45) is 5.92 Å². The lowest BCUT2D eigenvalue weighted by Crippen LogP contribution is -2.59. The summed E-state index contributed by atoms with van der Waals surface area (Å²) in [6.45, 7) is 8.13. The van der Waals surface area contributed by atoms with Gasteiger partial charge < -0.3 is 9.47 Å². The van der Waals surface area contributed by atoms with E-state index in [1.807, 2.05) is 6.92 Å². The Labute approximate surface area is 116 Å². The molecular weight excluding hydrogens is 242 g/mol. The van der Waals surface area contributed by atoms with Gasteiger partial charge in [0.2, 0.25) is 0 Å². The first-order chi connectivity index (χ1) is 9.19. The van der Waals surface area contributed by atoms with Crippen LogP contribution in [0.15, 0.2) is 0 Å². The topological polar surface area (TPSA) is 38.8 Å². The molecule has 1 saturated heterocycles. The highest BCUT2D eigenvalue weighted by molar-refractivity contribution is 5.71. The molecule has 0 amide bonds. The largest absolute Gasteiger partial charge is 0.466 e. The van der Waals surface area contributed by atoms with E-state index in [1.54, 1.807) is 0 Å². The molecule has 110 valence electrons. The van der Waals surface area contributed by atoms with Gasteiger partial charge in [-0.3, -0.25) is 9.69 Å². The Hall–Kier alpha value is -0.610. The number of carbonyl (C=O) groups excluding carboxylic acids is 1. The van der Waals surface area contributed by atoms with Gasteiger partial charge in [0.25, 0.3) is 0 Å². The smallest absolute Gasteiger partial charge is 0.307 e. The lowest BCUT2D eigenvalue weighted by molar-refractivity contribution is -0.151. The molecule has 1 aliphatic carbocycles. The summed E-state index contributed by atoms with van der Waals surface area (Å²) in [5.41, 5.74) is 0.00822. The second kappa shape index (κ2) is 6.71. The number of hydrogen-bond donors (Lipinski definition) is 0. The third-order valence-electron chi connectivity index (χ3n) is 4.81. The summed E-state index contributed by atoms with van der Waals surface area (Å²) in [5, 5.41) is 0. The molecule has 0 spiro atoms. The minimum atomic E-state index is -0.0391. The quantitative estimate of drug-likeness (QED) is 0.734. The average Bonchev–Trinajstić information content (AvgIpc) is 2.43. The SMILES string of the molecule is CCOC(=O)CC1(N2CCOCC2)CCCCC1C. The Morgan fingerprint density at radius 1 is 1.37 bits per heavy atom. The maximum atomic E-state index is 12.0. The van der Waals surface area contributed by atoms with Crippen molar-refractivity contribution in [3.05, 3.63) is 0 Å². The first kappa shape index (κ1) is 14.8. The van der Waals surface area contributed by atoms with Crippen molar-refractivity contribution >= 4 is 5.97 Å². The molecule has 0 aromatic carbocycles. The van der Waals surface area contributed by atoms with Crippen molar-refractivity contribution in [1.29, 1.82) is 0 Å². The molecule has 2 atom stereocenters. The molecule has 1 aliphatic heterocycles. The van der Waals surface area contributed by atoms with E-state index >= 15 is 0 Å². The van der Waals surface area contributed by atoms with E-state index in [0.717, 1.165) is 32.7 Å². The van der Waals surface area contributed by atoms with E-state index in [0.29, 0.717) is 18.9 Å². The molecule has 0 bridgehead atoms. The van der Waals surface area contributed by atoms with Gasteiger partial charge in [-0.25, -0.2) is 0 Å². The number of hydrogen-bond acceptors (Lipinski definition) is 4. The van der Waals surface area contributed by atoms with Crippen LogP contribution in [0.5, 0.6) is 0 Å². The maximum absolute atomic E-state index is 12.0. The second-order valence-corrected chi connectivity index (χ2v) is 5.83. The predicted molar refractivity (Wildman–Crippen MR) is 74.0 cm³/mol. The fourth-order valence-corrected chi connectivity index (χ4v) is 3.71. The van der Waals surface area contributed by atoms with Crippen LogP contribution in [0.25, 0.3) is 0 Å². The third-order valence-corrected chi connectivity index (χ3v) is 4.81. The van der Waals surface area contributed by atoms with Gasteiger partial charge in [0.05, 0.1) is 26.2 Å². The van der Waals surface area contributed by atoms with E-state index in [1.165, 1.54) is 19.3 Å². The molecule has 0 aromatic rings. The van der Waals surface area contributed by atoms with Crippen molar-refractivity contribution in [2.75, 3.05) is 32.9 Å². The van der Waals surface area contributed by atoms with Gasteiger partial charge in [-0.2, -0.15) is 0 Å². The minimum Gasteiger partial charge on any atom is -0.466 e. The van der Waals surface area contributed by atoms with Gasteiger partial charge in [-0.1, -0.05) is 19.8 Å². The molecule has 2 aliphatic rings. The predicted octanol–water partition coefficient (Wildman–Crippen LogP) is 2.22. The van der Waals surface area contributed by atoms with Crippen LogP contribution in [-0.4, -0.2) is 49.3 Å². The highest BCUT2D eigenvalue weighted by Crippen LogP contribution is 2.41. The summed E-state index contributed by atoms with van der Waals surface area (Å²) < 4.78 is 10.7. The van der Waals surface area contributed by atoms with Crippen LogP contribution < -0.4 is 0 Å². The first-order valence-corrected chi connectivity index (χ1v) is 7.67. The molecule has 2 rings (SSSR count). The Balaban J connectivity index is 2.13. The van der Waals surface area contributed by atoms with Gasteiger partial charge in [0, 0.05) is 18.6 Å². The van der Waals surface area contributed by atoms with Crippen LogP contribution in [0.1, 0.15) is 46.0 Å². The molecule has 0 aromatic heterocycles. The molecular formula is C15H27NO3. The second-order valence-electron chi connectivity index (χ2n) is 5.83. The molecule has 2 fully saturated rings. The van der Waals surface area contributed by atoms with E-state index in [-0.39, 0.29) is 11.5 Å². The summed E-state index contributed by atoms with van der Waals surface area (Å²) in [6, 6.07) is 0. The van der Waals surface area contributed by atoms with Crippen LogP contribution in [0.2, 0.25) is 0 Å². The van der Waals surface area contributed by atoms with E-state index in [9.17, 15) is 4.79 Å². The van der Waals surface area contributed by atoms with Crippen molar-refractivity contribution in [3.8, 4) is 0 Å². The number of morpholine rings is 1. The molecule has 0 N–H and O–H groups in total. The van der Waals surface area contributed by atoms with Gasteiger partial charge >= 0.3 is 5.97 Å². The zero-order valence-corrected chi connectivity index (χ0v) is 12.3. The number of esters is 1. The summed E-state index contributed by atoms with van der Waals surface area (Å²) >= 11 is 0. The van der Waals surface area contributed by atoms with Crippen molar-refractivity contribution < 1.29 is 14.3 Å². The fraction of sp³-hybridized carbons (Fsp3) is 0.933. The van der Waals surface area contributed by atoms with Crippen molar-refractivity contribution in [2.45, 2.75) is 51.5 Å². The van der Waals surface area contributed by atoms with Crippen molar-refractivity contribution in [1.82, 2.24) is 4.90 Å². The first-order valence-electron chi connectivity index (χ1n) is 7.67. The number of nitrogens with zero attached hydrogens (tertiary/aromatic N) is 1. The number of ether oxygens (including phenoxy) is 2. The van der Waals surface area contributed by atoms with Gasteiger partial charge in [0.15, 0.2) is 0 Å². The Bertz CT molecular complexity index is 302. The molecule has 0 radical (unpaired) electrons. The van der Waals surface area contributed by atoms with E-state index < -0.39 is 0 Å². The van der Waals surface area contributed by atoms with Crippen LogP contribution in [-0.2, 0) is 14.3 Å². The Morgan fingerprint density at radius 3 is 2.74 bits per heavy atom. The van der Waals surface area contributed by atoms with Gasteiger partial charge in [0.1, 0.15) is 0 Å². The summed E-state index contributed by atoms with van der Waals surface area (Å²) in [4.78, 5) is 14.5.